The van der Waals surface area contributed by atoms with Gasteiger partial charge in [-0.05, 0) is 38.3 Å². The fourth-order valence-electron chi connectivity index (χ4n) is 2.68. The van der Waals surface area contributed by atoms with Gasteiger partial charge in [-0.3, -0.25) is 0 Å². The van der Waals surface area contributed by atoms with Gasteiger partial charge in [-0.25, -0.2) is 0 Å². The van der Waals surface area contributed by atoms with Gasteiger partial charge >= 0.3 is 0 Å². The third-order valence-electron chi connectivity index (χ3n) is 3.95. The number of fused-ring (bicyclic) bond motifs is 1. The van der Waals surface area contributed by atoms with Crippen LogP contribution in [-0.2, 0) is 25.9 Å². The Labute approximate surface area is 119 Å². The second-order valence-corrected chi connectivity index (χ2v) is 5.54. The van der Waals surface area contributed by atoms with Gasteiger partial charge in [0, 0.05) is 25.4 Å². The molecule has 0 fully saturated rings. The second kappa shape index (κ2) is 6.22. The number of furan rings is 1. The Bertz CT molecular complexity index is 532. The van der Waals surface area contributed by atoms with Gasteiger partial charge in [-0.1, -0.05) is 0 Å². The molecule has 0 spiro atoms. The highest BCUT2D eigenvalue weighted by atomic mass is 16.3. The largest absolute Gasteiger partial charge is 0.469 e. The van der Waals surface area contributed by atoms with Crippen LogP contribution in [-0.4, -0.2) is 20.8 Å². The first-order valence-electron chi connectivity index (χ1n) is 7.49. The predicted octanol–water partition coefficient (Wildman–Crippen LogP) is 2.32. The van der Waals surface area contributed by atoms with E-state index in [1.165, 1.54) is 12.8 Å². The van der Waals surface area contributed by atoms with Gasteiger partial charge < -0.3 is 14.3 Å². The van der Waals surface area contributed by atoms with Crippen LogP contribution in [0, 0.1) is 0 Å². The first-order valence-corrected chi connectivity index (χ1v) is 7.49. The molecule has 1 N–H and O–H groups in total. The normalized spacial score (nSPS) is 16.1. The highest BCUT2D eigenvalue weighted by Gasteiger charge is 2.15. The third kappa shape index (κ3) is 3.10. The maximum atomic E-state index is 5.35. The quantitative estimate of drug-likeness (QED) is 0.878. The maximum absolute atomic E-state index is 5.35. The number of rotatable bonds is 6. The van der Waals surface area contributed by atoms with Gasteiger partial charge in [-0.15, -0.1) is 10.2 Å². The van der Waals surface area contributed by atoms with Crippen LogP contribution in [0.15, 0.2) is 22.8 Å². The molecule has 1 atom stereocenters. The van der Waals surface area contributed by atoms with E-state index in [1.54, 1.807) is 6.26 Å². The summed E-state index contributed by atoms with van der Waals surface area (Å²) in [6.45, 7) is 4.07. The molecule has 2 aromatic heterocycles. The Morgan fingerprint density at radius 3 is 3.20 bits per heavy atom. The fraction of sp³-hybridized carbons (Fsp3) is 0.600. The highest BCUT2D eigenvalue weighted by Crippen LogP contribution is 2.14. The SMILES string of the molecule is CC(CCc1ccco1)NCc1nnc2n1CCCC2. The first-order chi connectivity index (χ1) is 9.83. The first kappa shape index (κ1) is 13.4. The highest BCUT2D eigenvalue weighted by molar-refractivity contribution is 5.00. The van der Waals surface area contributed by atoms with E-state index in [1.807, 2.05) is 12.1 Å². The van der Waals surface area contributed by atoms with Gasteiger partial charge in [-0.2, -0.15) is 0 Å². The molecule has 0 saturated heterocycles. The number of aryl methyl sites for hydroxylation is 2. The van der Waals surface area contributed by atoms with E-state index < -0.39 is 0 Å². The number of aromatic nitrogens is 3. The lowest BCUT2D eigenvalue weighted by Gasteiger charge is -2.16. The summed E-state index contributed by atoms with van der Waals surface area (Å²) < 4.78 is 7.63. The number of hydrogen-bond donors (Lipinski definition) is 1. The predicted molar refractivity (Wildman–Crippen MR) is 76.3 cm³/mol. The lowest BCUT2D eigenvalue weighted by atomic mass is 10.1. The molecule has 1 aliphatic heterocycles. The lowest BCUT2D eigenvalue weighted by Crippen LogP contribution is -2.28. The third-order valence-corrected chi connectivity index (χ3v) is 3.95. The molecule has 0 amide bonds. The summed E-state index contributed by atoms with van der Waals surface area (Å²) in [7, 11) is 0. The molecule has 3 heterocycles. The molecular weight excluding hydrogens is 252 g/mol. The van der Waals surface area contributed by atoms with E-state index in [2.05, 4.69) is 27.0 Å². The Morgan fingerprint density at radius 2 is 2.35 bits per heavy atom. The summed E-state index contributed by atoms with van der Waals surface area (Å²) in [6, 6.07) is 4.41. The summed E-state index contributed by atoms with van der Waals surface area (Å²) >= 11 is 0. The van der Waals surface area contributed by atoms with Crippen molar-refractivity contribution in [1.29, 1.82) is 0 Å². The van der Waals surface area contributed by atoms with Crippen molar-refractivity contribution in [2.24, 2.45) is 0 Å². The molecule has 0 aromatic carbocycles. The molecule has 108 valence electrons. The smallest absolute Gasteiger partial charge is 0.147 e. The van der Waals surface area contributed by atoms with E-state index in [9.17, 15) is 0 Å². The average Bonchev–Trinajstić information content (AvgIpc) is 3.12. The summed E-state index contributed by atoms with van der Waals surface area (Å²) in [5, 5.41) is 12.1. The Morgan fingerprint density at radius 1 is 1.40 bits per heavy atom. The number of hydrogen-bond acceptors (Lipinski definition) is 4. The van der Waals surface area contributed by atoms with E-state index in [4.69, 9.17) is 4.42 Å². The number of nitrogens with one attached hydrogen (secondary N) is 1. The standard InChI is InChI=1S/C15H22N4O/c1-12(7-8-13-5-4-10-20-13)16-11-15-18-17-14-6-2-3-9-19(14)15/h4-5,10,12,16H,2-3,6-9,11H2,1H3. The zero-order valence-corrected chi connectivity index (χ0v) is 12.0. The van der Waals surface area contributed by atoms with Crippen molar-refractivity contribution in [3.8, 4) is 0 Å². The van der Waals surface area contributed by atoms with Crippen LogP contribution >= 0.6 is 0 Å². The van der Waals surface area contributed by atoms with Gasteiger partial charge in [0.25, 0.3) is 0 Å². The fourth-order valence-corrected chi connectivity index (χ4v) is 2.68. The molecule has 0 bridgehead atoms. The van der Waals surface area contributed by atoms with Crippen molar-refractivity contribution < 1.29 is 4.42 Å². The molecular formula is C15H22N4O. The summed E-state index contributed by atoms with van der Waals surface area (Å²) in [4.78, 5) is 0. The monoisotopic (exact) mass is 274 g/mol. The van der Waals surface area contributed by atoms with Crippen LogP contribution in [0.25, 0.3) is 0 Å². The van der Waals surface area contributed by atoms with E-state index in [0.717, 1.165) is 49.8 Å². The lowest BCUT2D eigenvalue weighted by molar-refractivity contribution is 0.445. The number of nitrogens with zero attached hydrogens (tertiary/aromatic N) is 3. The molecule has 0 aliphatic carbocycles. The second-order valence-electron chi connectivity index (χ2n) is 5.54. The van der Waals surface area contributed by atoms with Crippen molar-refractivity contribution in [3.63, 3.8) is 0 Å². The summed E-state index contributed by atoms with van der Waals surface area (Å²) in [6.07, 6.45) is 7.32. The molecule has 5 nitrogen and oxygen atoms in total. The summed E-state index contributed by atoms with van der Waals surface area (Å²) in [5.74, 6) is 3.28. The molecule has 0 radical (unpaired) electrons. The van der Waals surface area contributed by atoms with E-state index >= 15 is 0 Å². The van der Waals surface area contributed by atoms with Crippen LogP contribution < -0.4 is 5.32 Å². The van der Waals surface area contributed by atoms with Crippen molar-refractivity contribution in [1.82, 2.24) is 20.1 Å². The molecule has 0 saturated carbocycles. The van der Waals surface area contributed by atoms with E-state index in [0.29, 0.717) is 6.04 Å². The van der Waals surface area contributed by atoms with Gasteiger partial charge in [0.2, 0.25) is 0 Å². The summed E-state index contributed by atoms with van der Waals surface area (Å²) in [5.41, 5.74) is 0. The van der Waals surface area contributed by atoms with Crippen LogP contribution in [0.4, 0.5) is 0 Å². The Hall–Kier alpha value is -1.62. The Balaban J connectivity index is 1.48. The zero-order valence-electron chi connectivity index (χ0n) is 12.0. The molecule has 5 heteroatoms. The van der Waals surface area contributed by atoms with Crippen LogP contribution in [0.5, 0.6) is 0 Å². The van der Waals surface area contributed by atoms with Gasteiger partial charge in [0.15, 0.2) is 0 Å². The van der Waals surface area contributed by atoms with Gasteiger partial charge in [0.05, 0.1) is 12.8 Å². The molecule has 1 unspecified atom stereocenters. The zero-order chi connectivity index (χ0) is 13.8. The van der Waals surface area contributed by atoms with Crippen LogP contribution in [0.2, 0.25) is 0 Å². The van der Waals surface area contributed by atoms with Crippen LogP contribution in [0.3, 0.4) is 0 Å². The molecule has 20 heavy (non-hydrogen) atoms. The molecule has 2 aromatic rings. The minimum absolute atomic E-state index is 0.441. The maximum Gasteiger partial charge on any atom is 0.147 e. The minimum Gasteiger partial charge on any atom is -0.469 e. The minimum atomic E-state index is 0.441. The molecule has 1 aliphatic rings. The van der Waals surface area contributed by atoms with Crippen molar-refractivity contribution in [2.75, 3.05) is 0 Å². The van der Waals surface area contributed by atoms with Crippen molar-refractivity contribution in [2.45, 2.75) is 58.2 Å². The average molecular weight is 274 g/mol. The van der Waals surface area contributed by atoms with E-state index in [-0.39, 0.29) is 0 Å². The topological polar surface area (TPSA) is 55.9 Å². The van der Waals surface area contributed by atoms with Crippen molar-refractivity contribution in [3.05, 3.63) is 35.8 Å². The molecule has 3 rings (SSSR count). The van der Waals surface area contributed by atoms with Crippen molar-refractivity contribution >= 4 is 0 Å². The van der Waals surface area contributed by atoms with Gasteiger partial charge in [0.1, 0.15) is 17.4 Å². The van der Waals surface area contributed by atoms with Crippen LogP contribution in [0.1, 0.15) is 43.6 Å². The Kier molecular flexibility index (Phi) is 4.16.